The van der Waals surface area contributed by atoms with E-state index in [2.05, 4.69) is 15.9 Å². The van der Waals surface area contributed by atoms with Crippen molar-refractivity contribution in [2.24, 2.45) is 0 Å². The van der Waals surface area contributed by atoms with E-state index >= 15 is 4.39 Å². The number of aryl methyl sites for hydroxylation is 1. The van der Waals surface area contributed by atoms with Crippen LogP contribution in [0, 0.1) is 23.0 Å². The van der Waals surface area contributed by atoms with Gasteiger partial charge in [-0.15, -0.1) is 0 Å². The molecule has 0 N–H and O–H groups in total. The maximum Gasteiger partial charge on any atom is 0.236 e. The zero-order chi connectivity index (χ0) is 30.5. The summed E-state index contributed by atoms with van der Waals surface area (Å²) in [5.74, 6) is -0.822. The van der Waals surface area contributed by atoms with Crippen molar-refractivity contribution >= 4 is 44.7 Å². The predicted octanol–water partition coefficient (Wildman–Crippen LogP) is 5.07. The lowest BCUT2D eigenvalue weighted by molar-refractivity contribution is -0.139. The van der Waals surface area contributed by atoms with Gasteiger partial charge in [0.1, 0.15) is 34.1 Å². The molecular weight excluding hydrogens is 587 g/mol. The molecule has 7 rings (SSSR count). The Kier molecular flexibility index (Phi) is 7.38. The van der Waals surface area contributed by atoms with E-state index in [1.807, 2.05) is 18.0 Å². The van der Waals surface area contributed by atoms with E-state index in [9.17, 15) is 18.8 Å². The molecule has 8 nitrogen and oxygen atoms in total. The first kappa shape index (κ1) is 28.6. The first-order chi connectivity index (χ1) is 21.3. The molecule has 0 bridgehead atoms. The van der Waals surface area contributed by atoms with Crippen LogP contribution >= 0.6 is 11.3 Å². The molecule has 1 aliphatic carbocycles. The van der Waals surface area contributed by atoms with Gasteiger partial charge in [0.2, 0.25) is 5.91 Å². The topological polar surface area (TPSA) is 79.6 Å². The smallest absolute Gasteiger partial charge is 0.236 e. The van der Waals surface area contributed by atoms with Crippen LogP contribution < -0.4 is 9.80 Å². The van der Waals surface area contributed by atoms with Crippen molar-refractivity contribution < 1.29 is 18.0 Å². The van der Waals surface area contributed by atoms with Crippen LogP contribution in [0.1, 0.15) is 22.6 Å². The quantitative estimate of drug-likeness (QED) is 0.299. The van der Waals surface area contributed by atoms with Crippen LogP contribution in [0.25, 0.3) is 22.2 Å². The molecular formula is C32H30F3N7OS. The van der Waals surface area contributed by atoms with Crippen molar-refractivity contribution in [2.75, 3.05) is 62.7 Å². The summed E-state index contributed by atoms with van der Waals surface area (Å²) in [6, 6.07) is 11.7. The summed E-state index contributed by atoms with van der Waals surface area (Å²) in [5.41, 5.74) is 4.93. The van der Waals surface area contributed by atoms with E-state index in [4.69, 9.17) is 9.97 Å². The van der Waals surface area contributed by atoms with Crippen molar-refractivity contribution in [3.63, 3.8) is 0 Å². The lowest BCUT2D eigenvalue weighted by Gasteiger charge is -2.39. The number of pyridine rings is 1. The van der Waals surface area contributed by atoms with Crippen LogP contribution in [-0.2, 0) is 17.6 Å². The minimum Gasteiger partial charge on any atom is -0.369 e. The Bertz CT molecular complexity index is 1790. The van der Waals surface area contributed by atoms with E-state index < -0.39 is 12.0 Å². The van der Waals surface area contributed by atoms with E-state index in [0.29, 0.717) is 58.3 Å². The van der Waals surface area contributed by atoms with Gasteiger partial charge in [-0.05, 0) is 61.2 Å². The minimum absolute atomic E-state index is 0.0546. The number of thiazole rings is 1. The Balaban J connectivity index is 1.20. The highest BCUT2D eigenvalue weighted by molar-refractivity contribution is 7.16. The summed E-state index contributed by atoms with van der Waals surface area (Å²) in [6.45, 7) is 3.12. The number of hydrogen-bond donors (Lipinski definition) is 0. The summed E-state index contributed by atoms with van der Waals surface area (Å²) < 4.78 is 42.6. The van der Waals surface area contributed by atoms with Crippen LogP contribution in [0.4, 0.5) is 29.7 Å². The number of alkyl halides is 1. The molecule has 2 aliphatic heterocycles. The van der Waals surface area contributed by atoms with Crippen molar-refractivity contribution in [2.45, 2.75) is 25.4 Å². The molecule has 2 aromatic carbocycles. The normalized spacial score (nSPS) is 17.1. The van der Waals surface area contributed by atoms with E-state index in [-0.39, 0.29) is 31.4 Å². The van der Waals surface area contributed by atoms with Crippen LogP contribution in [0.15, 0.2) is 36.4 Å². The van der Waals surface area contributed by atoms with E-state index in [0.717, 1.165) is 41.9 Å². The van der Waals surface area contributed by atoms with Crippen molar-refractivity contribution in [3.05, 3.63) is 64.2 Å². The Hall–Kier alpha value is -4.21. The maximum absolute atomic E-state index is 15.8. The van der Waals surface area contributed by atoms with Gasteiger partial charge in [-0.2, -0.15) is 5.26 Å². The van der Waals surface area contributed by atoms with Crippen LogP contribution in [0.3, 0.4) is 0 Å². The SMILES string of the molecule is CN(c1nc(-c2ccc(F)cc2)c(C#N)s1)c1c2c(nc3c(F)cc(N4CCN(CC(=O)N5CC(F)C5)CC4)cc13)CCC2. The fraction of sp³-hybridized carbons (Fsp3) is 0.375. The van der Waals surface area contributed by atoms with Gasteiger partial charge in [0, 0.05) is 55.6 Å². The second-order valence-electron chi connectivity index (χ2n) is 11.6. The molecule has 0 unspecified atom stereocenters. The van der Waals surface area contributed by atoms with Gasteiger partial charge in [0.05, 0.1) is 25.3 Å². The molecule has 2 aromatic heterocycles. The third kappa shape index (κ3) is 5.14. The lowest BCUT2D eigenvalue weighted by Crippen LogP contribution is -2.56. The number of carbonyl (C=O) groups excluding carboxylic acids is 1. The van der Waals surface area contributed by atoms with E-state index in [1.165, 1.54) is 29.5 Å². The summed E-state index contributed by atoms with van der Waals surface area (Å²) in [6.07, 6.45) is 1.57. The molecule has 0 atom stereocenters. The zero-order valence-corrected chi connectivity index (χ0v) is 25.0. The Morgan fingerprint density at radius 3 is 2.55 bits per heavy atom. The molecule has 44 heavy (non-hydrogen) atoms. The van der Waals surface area contributed by atoms with Gasteiger partial charge in [0.25, 0.3) is 0 Å². The number of rotatable bonds is 6. The molecule has 2 fully saturated rings. The summed E-state index contributed by atoms with van der Waals surface area (Å²) in [5, 5.41) is 11.1. The number of benzene rings is 2. The number of piperazine rings is 1. The van der Waals surface area contributed by atoms with Crippen molar-refractivity contribution in [1.29, 1.82) is 5.26 Å². The zero-order valence-electron chi connectivity index (χ0n) is 24.2. The third-order valence-electron chi connectivity index (χ3n) is 8.77. The number of nitrogens with zero attached hydrogens (tertiary/aromatic N) is 7. The molecule has 4 heterocycles. The van der Waals surface area contributed by atoms with Gasteiger partial charge in [-0.25, -0.2) is 23.1 Å². The molecule has 226 valence electrons. The average molecular weight is 618 g/mol. The van der Waals surface area contributed by atoms with Crippen molar-refractivity contribution in [1.82, 2.24) is 19.8 Å². The Morgan fingerprint density at radius 1 is 1.09 bits per heavy atom. The molecule has 3 aliphatic rings. The number of carbonyl (C=O) groups is 1. The average Bonchev–Trinajstić information content (AvgIpc) is 3.66. The first-order valence-electron chi connectivity index (χ1n) is 14.7. The fourth-order valence-corrected chi connectivity index (χ4v) is 7.21. The molecule has 0 spiro atoms. The van der Waals surface area contributed by atoms with Crippen LogP contribution in [-0.4, -0.2) is 84.7 Å². The lowest BCUT2D eigenvalue weighted by atomic mass is 10.0. The van der Waals surface area contributed by atoms with Gasteiger partial charge in [0.15, 0.2) is 10.9 Å². The predicted molar refractivity (Wildman–Crippen MR) is 164 cm³/mol. The highest BCUT2D eigenvalue weighted by Crippen LogP contribution is 2.43. The Morgan fingerprint density at radius 2 is 1.84 bits per heavy atom. The number of nitriles is 1. The molecule has 0 radical (unpaired) electrons. The number of aromatic nitrogens is 2. The van der Waals surface area contributed by atoms with Gasteiger partial charge in [-0.3, -0.25) is 9.69 Å². The van der Waals surface area contributed by atoms with Crippen LogP contribution in [0.5, 0.6) is 0 Å². The number of halogens is 3. The number of amides is 1. The molecule has 12 heteroatoms. The molecule has 2 saturated heterocycles. The number of fused-ring (bicyclic) bond motifs is 2. The molecule has 0 saturated carbocycles. The van der Waals surface area contributed by atoms with Gasteiger partial charge in [-0.1, -0.05) is 11.3 Å². The number of anilines is 3. The fourth-order valence-electron chi connectivity index (χ4n) is 6.36. The van der Waals surface area contributed by atoms with Gasteiger partial charge >= 0.3 is 0 Å². The number of hydrogen-bond acceptors (Lipinski definition) is 8. The Labute approximate surface area is 256 Å². The monoisotopic (exact) mass is 617 g/mol. The van der Waals surface area contributed by atoms with Gasteiger partial charge < -0.3 is 14.7 Å². The summed E-state index contributed by atoms with van der Waals surface area (Å²) in [4.78, 5) is 30.0. The van der Waals surface area contributed by atoms with Crippen molar-refractivity contribution in [3.8, 4) is 17.3 Å². The second kappa shape index (κ2) is 11.4. The number of likely N-dealkylation sites (tertiary alicyclic amines) is 1. The van der Waals surface area contributed by atoms with Crippen LogP contribution in [0.2, 0.25) is 0 Å². The standard InChI is InChI=1S/C32H30F3N7OS/c1-39(32-38-29(27(15-36)44-32)19-5-7-20(33)8-6-19)31-23-3-2-4-26(23)37-30-24(31)13-22(14-25(30)35)41-11-9-40(10-12-41)18-28(43)42-16-21(34)17-42/h5-8,13-14,21H,2-4,9-12,16-18H2,1H3. The maximum atomic E-state index is 15.8. The second-order valence-corrected chi connectivity index (χ2v) is 12.6. The minimum atomic E-state index is -0.918. The summed E-state index contributed by atoms with van der Waals surface area (Å²) in [7, 11) is 1.88. The molecule has 4 aromatic rings. The van der Waals surface area contributed by atoms with E-state index in [1.54, 1.807) is 17.0 Å². The first-order valence-corrected chi connectivity index (χ1v) is 15.6. The largest absolute Gasteiger partial charge is 0.369 e. The third-order valence-corrected chi connectivity index (χ3v) is 9.80. The highest BCUT2D eigenvalue weighted by atomic mass is 32.1. The summed E-state index contributed by atoms with van der Waals surface area (Å²) >= 11 is 1.24. The highest BCUT2D eigenvalue weighted by Gasteiger charge is 2.32. The molecule has 1 amide bonds.